The molecule has 0 amide bonds. The highest BCUT2D eigenvalue weighted by Gasteiger charge is 2.13. The van der Waals surface area contributed by atoms with E-state index < -0.39 is 0 Å². The molecule has 0 N–H and O–H groups in total. The van der Waals surface area contributed by atoms with Gasteiger partial charge in [-0.15, -0.1) is 5.10 Å². The predicted molar refractivity (Wildman–Crippen MR) is 51.8 cm³/mol. The normalized spacial score (nSPS) is 21.5. The number of halogens is 2. The minimum absolute atomic E-state index is 0.165. The molecule has 0 aliphatic carbocycles. The van der Waals surface area contributed by atoms with Gasteiger partial charge < -0.3 is 0 Å². The first kappa shape index (κ1) is 6.48. The van der Waals surface area contributed by atoms with Crippen molar-refractivity contribution in [1.29, 1.82) is 0 Å². The van der Waals surface area contributed by atoms with Crippen molar-refractivity contribution in [2.45, 2.75) is 0 Å². The molecule has 0 atom stereocenters. The van der Waals surface area contributed by atoms with Crippen molar-refractivity contribution >= 4 is 47.7 Å². The van der Waals surface area contributed by atoms with Gasteiger partial charge in [0.25, 0.3) is 0 Å². The smallest absolute Gasteiger partial charge is 0.159 e. The summed E-state index contributed by atoms with van der Waals surface area (Å²) in [5.74, 6) is 0.914. The Bertz CT molecular complexity index is 279. The number of rotatable bonds is 0. The van der Waals surface area contributed by atoms with Crippen LogP contribution in [0.5, 0.6) is 0 Å². The molecular weight excluding hydrogens is 264 g/mol. The first-order chi connectivity index (χ1) is 4.86. The zero-order chi connectivity index (χ0) is 6.97. The van der Waals surface area contributed by atoms with Crippen molar-refractivity contribution in [3.05, 3.63) is 12.2 Å². The van der Waals surface area contributed by atoms with Crippen LogP contribution in [0, 0.1) is 0 Å². The van der Waals surface area contributed by atoms with E-state index in [0.717, 1.165) is 5.84 Å². The summed E-state index contributed by atoms with van der Waals surface area (Å²) < 4.78 is 3.78. The molecule has 2 aliphatic rings. The molecule has 0 radical (unpaired) electrons. The molecule has 0 spiro atoms. The molecule has 0 bridgehead atoms. The minimum atomic E-state index is -0.165. The van der Waals surface area contributed by atoms with Crippen LogP contribution in [0.2, 0.25) is 0 Å². The lowest BCUT2D eigenvalue weighted by molar-refractivity contribution is 0.799. The topological polar surface area (TPSA) is 28.0 Å². The van der Waals surface area contributed by atoms with Crippen LogP contribution in [-0.2, 0) is 0 Å². The van der Waals surface area contributed by atoms with E-state index in [9.17, 15) is 0 Å². The van der Waals surface area contributed by atoms with E-state index in [1.165, 1.54) is 0 Å². The molecule has 0 aromatic heterocycles. The van der Waals surface area contributed by atoms with Gasteiger partial charge in [-0.2, -0.15) is 3.22 Å². The lowest BCUT2D eigenvalue weighted by atomic mass is 10.4. The van der Waals surface area contributed by atoms with Gasteiger partial charge in [0.05, 0.1) is 4.14 Å². The van der Waals surface area contributed by atoms with E-state index in [1.54, 1.807) is 6.08 Å². The molecule has 10 heavy (non-hydrogen) atoms. The van der Waals surface area contributed by atoms with E-state index in [0.29, 0.717) is 5.17 Å². The van der Waals surface area contributed by atoms with Gasteiger partial charge in [0.15, 0.2) is 11.0 Å². The lowest BCUT2D eigenvalue weighted by Gasteiger charge is -2.10. The Balaban J connectivity index is 2.39. The summed E-state index contributed by atoms with van der Waals surface area (Å²) >= 11 is 5.49. The number of fused-ring (bicyclic) bond motifs is 1. The third-order valence-electron chi connectivity index (χ3n) is 1.06. The molecule has 2 rings (SSSR count). The molecule has 0 unspecified atom stereocenters. The molecule has 0 fully saturated rings. The summed E-state index contributed by atoms with van der Waals surface area (Å²) in [5.41, 5.74) is 0. The molecule has 0 aromatic carbocycles. The van der Waals surface area contributed by atoms with Crippen LogP contribution in [-0.4, -0.2) is 18.4 Å². The van der Waals surface area contributed by atoms with Gasteiger partial charge in [0, 0.05) is 21.0 Å². The van der Waals surface area contributed by atoms with Crippen molar-refractivity contribution in [3.63, 3.8) is 0 Å². The standard InChI is InChI=1S/C5H3ClIN3/c6-4-1-2-5-8-3-7-10(5)9-4/h1-3H. The summed E-state index contributed by atoms with van der Waals surface area (Å²) in [6.45, 7) is 0. The Kier molecular flexibility index (Phi) is 1.57. The number of allylic oxidation sites excluding steroid dienone is 1. The number of hydrogen-bond donors (Lipinski definition) is 0. The summed E-state index contributed by atoms with van der Waals surface area (Å²) in [7, 11) is 0. The summed E-state index contributed by atoms with van der Waals surface area (Å²) in [6.07, 6.45) is 3.62. The van der Waals surface area contributed by atoms with Gasteiger partial charge in [-0.25, -0.2) is 4.99 Å². The molecule has 2 aliphatic heterocycles. The van der Waals surface area contributed by atoms with Gasteiger partial charge in [-0.05, 0) is 12.2 Å². The van der Waals surface area contributed by atoms with Crippen LogP contribution in [0.15, 0.2) is 22.2 Å². The fourth-order valence-electron chi connectivity index (χ4n) is 0.649. The highest BCUT2D eigenvalue weighted by atomic mass is 127. The third-order valence-corrected chi connectivity index (χ3v) is 3.03. The van der Waals surface area contributed by atoms with E-state index in [2.05, 4.69) is 10.1 Å². The lowest BCUT2D eigenvalue weighted by Crippen LogP contribution is -2.15. The third kappa shape index (κ3) is 1.01. The van der Waals surface area contributed by atoms with E-state index >= 15 is 0 Å². The molecule has 0 saturated heterocycles. The zero-order valence-electron chi connectivity index (χ0n) is 4.83. The van der Waals surface area contributed by atoms with Crippen LogP contribution in [0.3, 0.4) is 0 Å². The molecular formula is C5H3ClIN3. The molecule has 0 aromatic rings. The summed E-state index contributed by atoms with van der Waals surface area (Å²) in [5, 5.41) is 4.60. The van der Waals surface area contributed by atoms with Crippen LogP contribution in [0.4, 0.5) is 0 Å². The Morgan fingerprint density at radius 1 is 1.50 bits per heavy atom. The number of amidine groups is 1. The predicted octanol–water partition coefficient (Wildman–Crippen LogP) is 1.47. The molecule has 52 valence electrons. The van der Waals surface area contributed by atoms with Gasteiger partial charge in [-0.1, -0.05) is 11.6 Å². The fourth-order valence-corrected chi connectivity index (χ4v) is 2.49. The van der Waals surface area contributed by atoms with E-state index in [4.69, 9.17) is 11.6 Å². The molecule has 2 heterocycles. The quantitative estimate of drug-likeness (QED) is 0.482. The number of hydrazone groups is 1. The second-order valence-electron chi connectivity index (χ2n) is 1.70. The second kappa shape index (κ2) is 2.43. The summed E-state index contributed by atoms with van der Waals surface area (Å²) in [4.78, 5) is 4.11. The SMILES string of the molecule is ClC1=NN2I=CN=C2C=C1. The highest BCUT2D eigenvalue weighted by molar-refractivity contribution is 14.2. The van der Waals surface area contributed by atoms with Gasteiger partial charge in [0.1, 0.15) is 0 Å². The second-order valence-corrected chi connectivity index (χ2v) is 4.11. The maximum absolute atomic E-state index is 5.65. The van der Waals surface area contributed by atoms with Gasteiger partial charge >= 0.3 is 0 Å². The summed E-state index contributed by atoms with van der Waals surface area (Å²) in [6, 6.07) is 0. The average molecular weight is 267 g/mol. The molecule has 0 saturated carbocycles. The van der Waals surface area contributed by atoms with Gasteiger partial charge in [-0.3, -0.25) is 0 Å². The maximum atomic E-state index is 5.65. The number of nitrogens with zero attached hydrogens (tertiary/aromatic N) is 3. The Morgan fingerprint density at radius 2 is 2.40 bits per heavy atom. The highest BCUT2D eigenvalue weighted by Crippen LogP contribution is 2.19. The minimum Gasteiger partial charge on any atom is -0.229 e. The van der Waals surface area contributed by atoms with Crippen LogP contribution in [0.25, 0.3) is 0 Å². The average Bonchev–Trinajstić information content (AvgIpc) is 2.33. The van der Waals surface area contributed by atoms with Crippen molar-refractivity contribution in [2.75, 3.05) is 0 Å². The van der Waals surface area contributed by atoms with Crippen LogP contribution >= 0.6 is 32.6 Å². The van der Waals surface area contributed by atoms with E-state index in [1.807, 2.05) is 13.4 Å². The molecule has 5 heteroatoms. The van der Waals surface area contributed by atoms with Crippen molar-refractivity contribution in [1.82, 2.24) is 3.22 Å². The Labute approximate surface area is 73.2 Å². The Hall–Kier alpha value is -0.230. The largest absolute Gasteiger partial charge is 0.229 e. The van der Waals surface area contributed by atoms with E-state index in [-0.39, 0.29) is 21.0 Å². The van der Waals surface area contributed by atoms with Crippen molar-refractivity contribution < 1.29 is 0 Å². The molecule has 3 nitrogen and oxygen atoms in total. The zero-order valence-corrected chi connectivity index (χ0v) is 7.74. The maximum Gasteiger partial charge on any atom is 0.159 e. The van der Waals surface area contributed by atoms with Crippen molar-refractivity contribution in [2.24, 2.45) is 10.1 Å². The number of hydrogen-bond acceptors (Lipinski definition) is 3. The van der Waals surface area contributed by atoms with Crippen LogP contribution in [0.1, 0.15) is 0 Å². The fraction of sp³-hybridized carbons (Fsp3) is 0. The monoisotopic (exact) mass is 267 g/mol. The van der Waals surface area contributed by atoms with Crippen molar-refractivity contribution in [3.8, 4) is 0 Å². The van der Waals surface area contributed by atoms with Crippen LogP contribution < -0.4 is 0 Å². The first-order valence-electron chi connectivity index (χ1n) is 2.62. The van der Waals surface area contributed by atoms with Gasteiger partial charge in [0.2, 0.25) is 0 Å². The number of aliphatic imine (C=N–C) groups is 1. The Morgan fingerprint density at radius 3 is 3.30 bits per heavy atom. The first-order valence-corrected chi connectivity index (χ1v) is 5.20.